The lowest BCUT2D eigenvalue weighted by Crippen LogP contribution is -2.51. The molecule has 2 amide bonds. The molecule has 2 aromatic rings. The van der Waals surface area contributed by atoms with Gasteiger partial charge in [0.25, 0.3) is 0 Å². The number of carbonyl (C=O) groups excluding carboxylic acids is 1. The molecule has 3 N–H and O–H groups in total. The van der Waals surface area contributed by atoms with Crippen molar-refractivity contribution in [1.29, 1.82) is 0 Å². The Bertz CT molecular complexity index is 691. The summed E-state index contributed by atoms with van der Waals surface area (Å²) in [5.74, 6) is -0.263. The number of carbonyl (C=O) groups is 1. The van der Waals surface area contributed by atoms with Crippen molar-refractivity contribution >= 4 is 22.0 Å². The van der Waals surface area contributed by atoms with E-state index in [0.717, 1.165) is 11.1 Å². The lowest BCUT2D eigenvalue weighted by Gasteiger charge is -2.40. The van der Waals surface area contributed by atoms with E-state index < -0.39 is 6.03 Å². The molecule has 0 saturated carbocycles. The predicted octanol–water partition coefficient (Wildman–Crippen LogP) is 2.85. The summed E-state index contributed by atoms with van der Waals surface area (Å²) in [4.78, 5) is 18.6. The molecule has 2 heterocycles. The summed E-state index contributed by atoms with van der Waals surface area (Å²) in [6.07, 6.45) is 3.71. The van der Waals surface area contributed by atoms with Gasteiger partial charge in [-0.3, -0.25) is 4.90 Å². The average molecular weight is 381 g/mol. The normalized spacial score (nSPS) is 19.0. The first kappa shape index (κ1) is 16.0. The van der Waals surface area contributed by atoms with Crippen molar-refractivity contribution in [3.63, 3.8) is 0 Å². The SMILES string of the molecule is NC(=O)N1CCN(Cc2ccc(Br)c(F)c2)CC1c1cc[nH]c1. The summed E-state index contributed by atoms with van der Waals surface area (Å²) >= 11 is 3.16. The Morgan fingerprint density at radius 2 is 2.22 bits per heavy atom. The summed E-state index contributed by atoms with van der Waals surface area (Å²) in [5, 5.41) is 0. The van der Waals surface area contributed by atoms with Gasteiger partial charge in [0.15, 0.2) is 0 Å². The van der Waals surface area contributed by atoms with E-state index in [1.54, 1.807) is 11.0 Å². The van der Waals surface area contributed by atoms with Gasteiger partial charge in [0, 0.05) is 38.6 Å². The number of nitrogens with two attached hydrogens (primary N) is 1. The monoisotopic (exact) mass is 380 g/mol. The molecule has 122 valence electrons. The number of nitrogens with one attached hydrogen (secondary N) is 1. The Balaban J connectivity index is 1.75. The summed E-state index contributed by atoms with van der Waals surface area (Å²) in [7, 11) is 0. The fourth-order valence-electron chi connectivity index (χ4n) is 2.97. The minimum atomic E-state index is -0.412. The van der Waals surface area contributed by atoms with Crippen molar-refractivity contribution in [2.24, 2.45) is 5.73 Å². The van der Waals surface area contributed by atoms with Crippen molar-refractivity contribution in [2.75, 3.05) is 19.6 Å². The van der Waals surface area contributed by atoms with E-state index in [1.807, 2.05) is 24.5 Å². The number of aromatic nitrogens is 1. The molecule has 1 aliphatic heterocycles. The Labute approximate surface area is 142 Å². The average Bonchev–Trinajstić information content (AvgIpc) is 3.05. The van der Waals surface area contributed by atoms with Crippen LogP contribution in [0.2, 0.25) is 0 Å². The van der Waals surface area contributed by atoms with Crippen LogP contribution in [0.1, 0.15) is 17.2 Å². The molecular formula is C16H18BrFN4O. The number of benzene rings is 1. The lowest BCUT2D eigenvalue weighted by molar-refractivity contribution is 0.0939. The molecule has 0 spiro atoms. The predicted molar refractivity (Wildman–Crippen MR) is 89.2 cm³/mol. The van der Waals surface area contributed by atoms with Crippen LogP contribution in [0.5, 0.6) is 0 Å². The maximum Gasteiger partial charge on any atom is 0.315 e. The number of primary amides is 1. The molecule has 0 bridgehead atoms. The second-order valence-corrected chi connectivity index (χ2v) is 6.53. The van der Waals surface area contributed by atoms with Crippen molar-refractivity contribution in [3.05, 3.63) is 58.1 Å². The maximum atomic E-state index is 13.7. The molecule has 1 saturated heterocycles. The Morgan fingerprint density at radius 3 is 2.87 bits per heavy atom. The molecule has 1 aromatic carbocycles. The molecule has 5 nitrogen and oxygen atoms in total. The third kappa shape index (κ3) is 3.56. The minimum Gasteiger partial charge on any atom is -0.367 e. The standard InChI is InChI=1S/C16H18BrFN4O/c17-13-2-1-11(7-14(13)18)9-21-5-6-22(16(19)23)15(10-21)12-3-4-20-8-12/h1-4,7-8,15,20H,5-6,9-10H2,(H2,19,23). The van der Waals surface area contributed by atoms with E-state index in [-0.39, 0.29) is 11.9 Å². The van der Waals surface area contributed by atoms with E-state index >= 15 is 0 Å². The van der Waals surface area contributed by atoms with Gasteiger partial charge in [-0.15, -0.1) is 0 Å². The molecule has 1 aliphatic rings. The topological polar surface area (TPSA) is 65.4 Å². The van der Waals surface area contributed by atoms with Gasteiger partial charge in [-0.25, -0.2) is 9.18 Å². The van der Waals surface area contributed by atoms with Crippen LogP contribution in [0.15, 0.2) is 41.1 Å². The molecule has 1 unspecified atom stereocenters. The van der Waals surface area contributed by atoms with Crippen molar-refractivity contribution < 1.29 is 9.18 Å². The van der Waals surface area contributed by atoms with Gasteiger partial charge >= 0.3 is 6.03 Å². The second kappa shape index (κ2) is 6.72. The van der Waals surface area contributed by atoms with Crippen molar-refractivity contribution in [1.82, 2.24) is 14.8 Å². The first-order valence-corrected chi connectivity index (χ1v) is 8.19. The first-order chi connectivity index (χ1) is 11.0. The van der Waals surface area contributed by atoms with Gasteiger partial charge < -0.3 is 15.6 Å². The summed E-state index contributed by atoms with van der Waals surface area (Å²) in [6, 6.07) is 6.60. The number of nitrogens with zero attached hydrogens (tertiary/aromatic N) is 2. The quantitative estimate of drug-likeness (QED) is 0.859. The zero-order valence-electron chi connectivity index (χ0n) is 12.5. The number of piperazine rings is 1. The molecule has 3 rings (SSSR count). The third-order valence-electron chi connectivity index (χ3n) is 4.14. The zero-order chi connectivity index (χ0) is 16.4. The highest BCUT2D eigenvalue weighted by atomic mass is 79.9. The van der Waals surface area contributed by atoms with Crippen LogP contribution in [-0.2, 0) is 6.54 Å². The molecule has 7 heteroatoms. The molecule has 1 atom stereocenters. The van der Waals surface area contributed by atoms with Crippen molar-refractivity contribution in [2.45, 2.75) is 12.6 Å². The number of rotatable bonds is 3. The molecule has 1 fully saturated rings. The fraction of sp³-hybridized carbons (Fsp3) is 0.312. The van der Waals surface area contributed by atoms with Gasteiger partial charge in [-0.2, -0.15) is 0 Å². The largest absolute Gasteiger partial charge is 0.367 e. The molecule has 0 radical (unpaired) electrons. The van der Waals surface area contributed by atoms with E-state index in [9.17, 15) is 9.18 Å². The van der Waals surface area contributed by atoms with Gasteiger partial charge in [0.2, 0.25) is 0 Å². The van der Waals surface area contributed by atoms with Crippen LogP contribution in [0.3, 0.4) is 0 Å². The number of amides is 2. The van der Waals surface area contributed by atoms with Gasteiger partial charge in [0.1, 0.15) is 5.82 Å². The molecule has 1 aromatic heterocycles. The molecule has 23 heavy (non-hydrogen) atoms. The number of halogens is 2. The molecule has 0 aliphatic carbocycles. The maximum absolute atomic E-state index is 13.7. The second-order valence-electron chi connectivity index (χ2n) is 5.68. The minimum absolute atomic E-state index is 0.0900. The van der Waals surface area contributed by atoms with Gasteiger partial charge in [-0.05, 0) is 45.3 Å². The van der Waals surface area contributed by atoms with Crippen LogP contribution >= 0.6 is 15.9 Å². The van der Waals surface area contributed by atoms with E-state index in [0.29, 0.717) is 30.7 Å². The third-order valence-corrected chi connectivity index (χ3v) is 4.79. The Morgan fingerprint density at radius 1 is 1.39 bits per heavy atom. The van der Waals surface area contributed by atoms with Crippen molar-refractivity contribution in [3.8, 4) is 0 Å². The Kier molecular flexibility index (Phi) is 4.68. The van der Waals surface area contributed by atoms with Crippen LogP contribution < -0.4 is 5.73 Å². The smallest absolute Gasteiger partial charge is 0.315 e. The van der Waals surface area contributed by atoms with Gasteiger partial charge in [0.05, 0.1) is 10.5 Å². The van der Waals surface area contributed by atoms with Crippen LogP contribution in [-0.4, -0.2) is 40.4 Å². The number of hydrogen-bond donors (Lipinski definition) is 2. The van der Waals surface area contributed by atoms with E-state index in [1.165, 1.54) is 6.07 Å². The summed E-state index contributed by atoms with van der Waals surface area (Å²) < 4.78 is 14.1. The first-order valence-electron chi connectivity index (χ1n) is 7.39. The van der Waals surface area contributed by atoms with Crippen LogP contribution in [0.4, 0.5) is 9.18 Å². The highest BCUT2D eigenvalue weighted by Crippen LogP contribution is 2.26. The zero-order valence-corrected chi connectivity index (χ0v) is 14.1. The van der Waals surface area contributed by atoms with Gasteiger partial charge in [-0.1, -0.05) is 6.07 Å². The summed E-state index contributed by atoms with van der Waals surface area (Å²) in [5.41, 5.74) is 7.43. The lowest BCUT2D eigenvalue weighted by atomic mass is 10.1. The highest BCUT2D eigenvalue weighted by Gasteiger charge is 2.30. The molecular weight excluding hydrogens is 363 g/mol. The van der Waals surface area contributed by atoms with E-state index in [4.69, 9.17) is 5.73 Å². The Hall–Kier alpha value is -1.86. The number of aromatic amines is 1. The van der Waals surface area contributed by atoms with Crippen LogP contribution in [0, 0.1) is 5.82 Å². The number of H-pyrrole nitrogens is 1. The van der Waals surface area contributed by atoms with E-state index in [2.05, 4.69) is 25.8 Å². The highest BCUT2D eigenvalue weighted by molar-refractivity contribution is 9.10. The summed E-state index contributed by atoms with van der Waals surface area (Å²) in [6.45, 7) is 2.57. The van der Waals surface area contributed by atoms with Crippen LogP contribution in [0.25, 0.3) is 0 Å². The number of urea groups is 1. The fourth-order valence-corrected chi connectivity index (χ4v) is 3.22. The number of hydrogen-bond acceptors (Lipinski definition) is 2.